The Kier molecular flexibility index (Phi) is 5.38. The second kappa shape index (κ2) is 8.35. The first-order valence-corrected chi connectivity index (χ1v) is 11.8. The zero-order chi connectivity index (χ0) is 22.2. The number of anilines is 1. The Bertz CT molecular complexity index is 1280. The highest BCUT2D eigenvalue weighted by Gasteiger charge is 2.25. The van der Waals surface area contributed by atoms with E-state index in [9.17, 15) is 4.79 Å². The number of aryl methyl sites for hydroxylation is 3. The largest absolute Gasteiger partial charge is 0.354 e. The van der Waals surface area contributed by atoms with Gasteiger partial charge in [0.2, 0.25) is 0 Å². The molecule has 1 fully saturated rings. The Morgan fingerprint density at radius 2 is 1.81 bits per heavy atom. The molecule has 5 rings (SSSR count). The van der Waals surface area contributed by atoms with Crippen LogP contribution in [0.25, 0.3) is 16.7 Å². The van der Waals surface area contributed by atoms with Crippen molar-refractivity contribution in [3.63, 3.8) is 0 Å². The predicted molar refractivity (Wildman–Crippen MR) is 128 cm³/mol. The van der Waals surface area contributed by atoms with Gasteiger partial charge in [-0.25, -0.2) is 14.6 Å². The summed E-state index contributed by atoms with van der Waals surface area (Å²) in [7, 11) is 0. The topological polar surface area (TPSA) is 67.2 Å². The number of carbonyl (C=O) groups is 1. The van der Waals surface area contributed by atoms with Gasteiger partial charge in [-0.05, 0) is 50.3 Å². The van der Waals surface area contributed by atoms with Crippen LogP contribution >= 0.6 is 11.3 Å². The minimum Gasteiger partial charge on any atom is -0.354 e. The molecule has 4 heterocycles. The molecule has 0 saturated carbocycles. The van der Waals surface area contributed by atoms with E-state index in [0.717, 1.165) is 70.6 Å². The molecule has 0 radical (unpaired) electrons. The van der Waals surface area contributed by atoms with Gasteiger partial charge in [0.15, 0.2) is 5.65 Å². The van der Waals surface area contributed by atoms with Crippen LogP contribution in [0.15, 0.2) is 41.8 Å². The van der Waals surface area contributed by atoms with Gasteiger partial charge >= 0.3 is 0 Å². The van der Waals surface area contributed by atoms with Crippen LogP contribution in [-0.2, 0) is 0 Å². The van der Waals surface area contributed by atoms with Gasteiger partial charge in [-0.3, -0.25) is 4.79 Å². The summed E-state index contributed by atoms with van der Waals surface area (Å²) >= 11 is 1.50. The lowest BCUT2D eigenvalue weighted by Crippen LogP contribution is -2.35. The summed E-state index contributed by atoms with van der Waals surface area (Å²) in [5.41, 5.74) is 3.91. The third-order valence-electron chi connectivity index (χ3n) is 5.95. The fourth-order valence-electron chi connectivity index (χ4n) is 4.35. The Hall–Kier alpha value is -3.26. The number of benzene rings is 1. The van der Waals surface area contributed by atoms with Crippen LogP contribution in [0.2, 0.25) is 0 Å². The molecule has 7 nitrogen and oxygen atoms in total. The molecule has 0 spiro atoms. The summed E-state index contributed by atoms with van der Waals surface area (Å²) < 4.78 is 1.93. The summed E-state index contributed by atoms with van der Waals surface area (Å²) in [4.78, 5) is 27.5. The molecule has 8 heteroatoms. The van der Waals surface area contributed by atoms with Crippen molar-refractivity contribution >= 4 is 34.1 Å². The lowest BCUT2D eigenvalue weighted by Gasteiger charge is -2.23. The van der Waals surface area contributed by atoms with Crippen molar-refractivity contribution in [2.75, 3.05) is 31.1 Å². The fraction of sp³-hybridized carbons (Fsp3) is 0.333. The zero-order valence-corrected chi connectivity index (χ0v) is 19.4. The summed E-state index contributed by atoms with van der Waals surface area (Å²) in [5.74, 6) is 1.75. The molecule has 1 aliphatic rings. The summed E-state index contributed by atoms with van der Waals surface area (Å²) in [6, 6.07) is 12.0. The van der Waals surface area contributed by atoms with Crippen molar-refractivity contribution in [2.24, 2.45) is 0 Å². The van der Waals surface area contributed by atoms with Crippen LogP contribution in [0.3, 0.4) is 0 Å². The van der Waals surface area contributed by atoms with Crippen LogP contribution in [0.1, 0.15) is 33.2 Å². The molecular formula is C24H26N6OS. The molecule has 0 unspecified atom stereocenters. The number of hydrogen-bond acceptors (Lipinski definition) is 6. The fourth-order valence-corrected chi connectivity index (χ4v) is 5.04. The number of aromatic nitrogens is 4. The standard InChI is InChI=1S/C24H26N6OS/c1-16-8-4-5-9-19(16)30-23-21(17(2)27-30)22(25-18(3)26-23)28-11-7-12-29(14-13-28)24(31)20-10-6-15-32-20/h4-6,8-10,15H,7,11-14H2,1-3H3. The van der Waals surface area contributed by atoms with E-state index in [0.29, 0.717) is 6.54 Å². The minimum absolute atomic E-state index is 0.120. The Labute approximate surface area is 191 Å². The molecule has 0 aliphatic carbocycles. The molecule has 1 saturated heterocycles. The smallest absolute Gasteiger partial charge is 0.263 e. The van der Waals surface area contributed by atoms with Gasteiger partial charge in [-0.1, -0.05) is 24.3 Å². The maximum atomic E-state index is 12.8. The number of amides is 1. The summed E-state index contributed by atoms with van der Waals surface area (Å²) in [6.07, 6.45) is 0.895. The van der Waals surface area contributed by atoms with Gasteiger partial charge in [0.05, 0.1) is 21.6 Å². The van der Waals surface area contributed by atoms with Crippen molar-refractivity contribution in [1.82, 2.24) is 24.6 Å². The number of carbonyl (C=O) groups excluding carboxylic acids is 1. The highest BCUT2D eigenvalue weighted by molar-refractivity contribution is 7.12. The number of nitrogens with zero attached hydrogens (tertiary/aromatic N) is 6. The summed E-state index contributed by atoms with van der Waals surface area (Å²) in [6.45, 7) is 9.03. The maximum absolute atomic E-state index is 12.8. The van der Waals surface area contributed by atoms with E-state index < -0.39 is 0 Å². The van der Waals surface area contributed by atoms with E-state index in [1.807, 2.05) is 53.1 Å². The van der Waals surface area contributed by atoms with Crippen molar-refractivity contribution in [2.45, 2.75) is 27.2 Å². The van der Waals surface area contributed by atoms with Crippen molar-refractivity contribution in [3.8, 4) is 5.69 Å². The van der Waals surface area contributed by atoms with Crippen molar-refractivity contribution in [1.29, 1.82) is 0 Å². The first kappa shape index (κ1) is 20.6. The SMILES string of the molecule is Cc1nc(N2CCCN(C(=O)c3cccs3)CC2)c2c(C)nn(-c3ccccc3C)c2n1. The number of rotatable bonds is 3. The molecular weight excluding hydrogens is 420 g/mol. The van der Waals surface area contributed by atoms with Gasteiger partial charge in [0.1, 0.15) is 11.6 Å². The minimum atomic E-state index is 0.120. The van der Waals surface area contributed by atoms with Crippen LogP contribution in [0.4, 0.5) is 5.82 Å². The second-order valence-corrected chi connectivity index (χ2v) is 9.13. The van der Waals surface area contributed by atoms with Gasteiger partial charge in [-0.2, -0.15) is 5.10 Å². The monoisotopic (exact) mass is 446 g/mol. The number of para-hydroxylation sites is 1. The van der Waals surface area contributed by atoms with Gasteiger partial charge in [0, 0.05) is 26.2 Å². The summed E-state index contributed by atoms with van der Waals surface area (Å²) in [5, 5.41) is 7.78. The normalized spacial score (nSPS) is 14.7. The lowest BCUT2D eigenvalue weighted by molar-refractivity contribution is 0.0772. The van der Waals surface area contributed by atoms with E-state index >= 15 is 0 Å². The molecule has 164 valence electrons. The van der Waals surface area contributed by atoms with E-state index in [4.69, 9.17) is 15.1 Å². The highest BCUT2D eigenvalue weighted by Crippen LogP contribution is 2.30. The van der Waals surface area contributed by atoms with Crippen LogP contribution in [-0.4, -0.2) is 56.7 Å². The van der Waals surface area contributed by atoms with Gasteiger partial charge in [-0.15, -0.1) is 11.3 Å². The Morgan fingerprint density at radius 3 is 2.59 bits per heavy atom. The Morgan fingerprint density at radius 1 is 0.969 bits per heavy atom. The molecule has 1 aliphatic heterocycles. The second-order valence-electron chi connectivity index (χ2n) is 8.19. The quantitative estimate of drug-likeness (QED) is 0.473. The number of hydrogen-bond donors (Lipinski definition) is 0. The van der Waals surface area contributed by atoms with Crippen LogP contribution < -0.4 is 4.90 Å². The molecule has 0 bridgehead atoms. The lowest BCUT2D eigenvalue weighted by atomic mass is 10.2. The van der Waals surface area contributed by atoms with E-state index in [-0.39, 0.29) is 5.91 Å². The average Bonchev–Trinajstić information content (AvgIpc) is 3.35. The van der Waals surface area contributed by atoms with Gasteiger partial charge in [0.25, 0.3) is 5.91 Å². The highest BCUT2D eigenvalue weighted by atomic mass is 32.1. The molecule has 3 aromatic heterocycles. The maximum Gasteiger partial charge on any atom is 0.263 e. The first-order chi connectivity index (χ1) is 15.5. The van der Waals surface area contributed by atoms with Gasteiger partial charge < -0.3 is 9.80 Å². The molecule has 32 heavy (non-hydrogen) atoms. The van der Waals surface area contributed by atoms with Crippen molar-refractivity contribution in [3.05, 3.63) is 63.7 Å². The molecule has 0 atom stereocenters. The molecule has 4 aromatic rings. The van der Waals surface area contributed by atoms with E-state index in [1.54, 1.807) is 0 Å². The predicted octanol–water partition coefficient (Wildman–Crippen LogP) is 4.15. The first-order valence-electron chi connectivity index (χ1n) is 10.9. The van der Waals surface area contributed by atoms with E-state index in [1.165, 1.54) is 11.3 Å². The Balaban J connectivity index is 1.51. The zero-order valence-electron chi connectivity index (χ0n) is 18.6. The van der Waals surface area contributed by atoms with E-state index in [2.05, 4.69) is 24.0 Å². The third kappa shape index (κ3) is 3.64. The molecule has 1 aromatic carbocycles. The van der Waals surface area contributed by atoms with Crippen molar-refractivity contribution < 1.29 is 4.79 Å². The molecule has 0 N–H and O–H groups in total. The van der Waals surface area contributed by atoms with Crippen LogP contribution in [0.5, 0.6) is 0 Å². The molecule has 1 amide bonds. The van der Waals surface area contributed by atoms with Crippen LogP contribution in [0, 0.1) is 20.8 Å². The number of thiophene rings is 1. The number of fused-ring (bicyclic) bond motifs is 1. The average molecular weight is 447 g/mol. The third-order valence-corrected chi connectivity index (χ3v) is 6.81.